The lowest BCUT2D eigenvalue weighted by Crippen LogP contribution is -2.41. The van der Waals surface area contributed by atoms with Gasteiger partial charge in [-0.2, -0.15) is 0 Å². The Labute approximate surface area is 139 Å². The first-order chi connectivity index (χ1) is 10.6. The summed E-state index contributed by atoms with van der Waals surface area (Å²) in [6, 6.07) is 8.05. The molecule has 6 heteroatoms. The van der Waals surface area contributed by atoms with Crippen molar-refractivity contribution in [2.75, 3.05) is 26.7 Å². The molecule has 1 aromatic heterocycles. The van der Waals surface area contributed by atoms with E-state index in [1.807, 2.05) is 25.2 Å². The van der Waals surface area contributed by atoms with Crippen LogP contribution in [0.3, 0.4) is 0 Å². The Morgan fingerprint density at radius 1 is 1.50 bits per heavy atom. The van der Waals surface area contributed by atoms with E-state index >= 15 is 0 Å². The second-order valence-corrected chi connectivity index (χ2v) is 7.00. The van der Waals surface area contributed by atoms with E-state index in [9.17, 15) is 4.79 Å². The van der Waals surface area contributed by atoms with Crippen LogP contribution in [0.25, 0.3) is 10.1 Å². The lowest BCUT2D eigenvalue weighted by Gasteiger charge is -2.25. The van der Waals surface area contributed by atoms with E-state index in [2.05, 4.69) is 11.4 Å². The van der Waals surface area contributed by atoms with Crippen LogP contribution in [-0.4, -0.2) is 43.7 Å². The number of rotatable bonds is 4. The van der Waals surface area contributed by atoms with Gasteiger partial charge in [0.2, 0.25) is 5.91 Å². The largest absolute Gasteiger partial charge is 0.375 e. The number of hydrogen-bond acceptors (Lipinski definition) is 4. The fraction of sp³-hybridized carbons (Fsp3) is 0.438. The van der Waals surface area contributed by atoms with Crippen molar-refractivity contribution in [3.8, 4) is 0 Å². The van der Waals surface area contributed by atoms with Gasteiger partial charge in [-0.15, -0.1) is 11.3 Å². The molecule has 0 aliphatic carbocycles. The molecule has 1 saturated heterocycles. The number of fused-ring (bicyclic) bond motifs is 1. The maximum Gasteiger partial charge on any atom is 0.225 e. The fourth-order valence-electron chi connectivity index (χ4n) is 2.57. The molecule has 2 aromatic rings. The second kappa shape index (κ2) is 6.96. The summed E-state index contributed by atoms with van der Waals surface area (Å²) in [6.07, 6.45) is 0.382. The molecule has 0 spiro atoms. The third-order valence-electron chi connectivity index (χ3n) is 3.81. The number of carbonyl (C=O) groups is 1. The number of hydrogen-bond donors (Lipinski definition) is 1. The van der Waals surface area contributed by atoms with E-state index in [4.69, 9.17) is 16.3 Å². The summed E-state index contributed by atoms with van der Waals surface area (Å²) in [6.45, 7) is 2.81. The van der Waals surface area contributed by atoms with Gasteiger partial charge in [0.1, 0.15) is 0 Å². The zero-order chi connectivity index (χ0) is 15.5. The number of halogens is 1. The first-order valence-corrected chi connectivity index (χ1v) is 8.57. The molecule has 0 radical (unpaired) electrons. The molecule has 22 heavy (non-hydrogen) atoms. The van der Waals surface area contributed by atoms with Gasteiger partial charge in [-0.1, -0.05) is 29.8 Å². The number of nitrogens with one attached hydrogen (secondary N) is 1. The van der Waals surface area contributed by atoms with Crippen LogP contribution in [0.4, 0.5) is 0 Å². The SMILES string of the molecule is CN(Cc1sc2ccccc2c1Cl)C(=O)C[C@@H]1CNCCO1. The number of carbonyl (C=O) groups excluding carboxylic acids is 1. The molecule has 118 valence electrons. The maximum atomic E-state index is 12.3. The summed E-state index contributed by atoms with van der Waals surface area (Å²) >= 11 is 8.08. The van der Waals surface area contributed by atoms with Crippen molar-refractivity contribution in [3.63, 3.8) is 0 Å². The Hall–Kier alpha value is -1.14. The Morgan fingerprint density at radius 3 is 3.05 bits per heavy atom. The molecule has 0 saturated carbocycles. The fourth-order valence-corrected chi connectivity index (χ4v) is 4.12. The smallest absolute Gasteiger partial charge is 0.225 e. The van der Waals surface area contributed by atoms with Gasteiger partial charge in [-0.25, -0.2) is 0 Å². The van der Waals surface area contributed by atoms with Gasteiger partial charge < -0.3 is 15.0 Å². The van der Waals surface area contributed by atoms with Crippen molar-refractivity contribution in [2.24, 2.45) is 0 Å². The highest BCUT2D eigenvalue weighted by Crippen LogP contribution is 2.35. The lowest BCUT2D eigenvalue weighted by atomic mass is 10.2. The van der Waals surface area contributed by atoms with Gasteiger partial charge in [0.25, 0.3) is 0 Å². The maximum absolute atomic E-state index is 12.3. The van der Waals surface area contributed by atoms with E-state index in [0.717, 1.165) is 33.1 Å². The standard InChI is InChI=1S/C16H19ClN2O2S/c1-19(15(20)8-11-9-18-6-7-21-11)10-14-16(17)12-4-2-3-5-13(12)22-14/h2-5,11,18H,6-10H2,1H3/t11-/m1/s1. The van der Waals surface area contributed by atoms with Crippen LogP contribution < -0.4 is 5.32 Å². The van der Waals surface area contributed by atoms with Crippen molar-refractivity contribution in [1.29, 1.82) is 0 Å². The Bertz CT molecular complexity index is 667. The van der Waals surface area contributed by atoms with Gasteiger partial charge in [-0.05, 0) is 6.07 Å². The monoisotopic (exact) mass is 338 g/mol. The molecular weight excluding hydrogens is 320 g/mol. The number of amides is 1. The minimum atomic E-state index is -0.0263. The number of benzene rings is 1. The highest BCUT2D eigenvalue weighted by atomic mass is 35.5. The van der Waals surface area contributed by atoms with E-state index in [1.54, 1.807) is 16.2 Å². The van der Waals surface area contributed by atoms with E-state index in [-0.39, 0.29) is 12.0 Å². The molecule has 3 rings (SSSR count). The van der Waals surface area contributed by atoms with Gasteiger partial charge in [0.05, 0.1) is 30.7 Å². The van der Waals surface area contributed by atoms with Crippen LogP contribution in [0, 0.1) is 0 Å². The molecule has 1 fully saturated rings. The topological polar surface area (TPSA) is 41.6 Å². The summed E-state index contributed by atoms with van der Waals surface area (Å²) < 4.78 is 6.74. The molecule has 1 aliphatic rings. The molecule has 4 nitrogen and oxygen atoms in total. The quantitative estimate of drug-likeness (QED) is 0.932. The summed E-state index contributed by atoms with van der Waals surface area (Å²) in [4.78, 5) is 15.1. The van der Waals surface area contributed by atoms with Crippen molar-refractivity contribution in [3.05, 3.63) is 34.2 Å². The van der Waals surface area contributed by atoms with Crippen molar-refractivity contribution in [1.82, 2.24) is 10.2 Å². The first-order valence-electron chi connectivity index (χ1n) is 7.37. The minimum absolute atomic E-state index is 0.0263. The Kier molecular flexibility index (Phi) is 4.98. The summed E-state index contributed by atoms with van der Waals surface area (Å²) in [5.74, 6) is 0.0854. The first kappa shape index (κ1) is 15.7. The van der Waals surface area contributed by atoms with Crippen LogP contribution in [0.1, 0.15) is 11.3 Å². The molecule has 1 N–H and O–H groups in total. The minimum Gasteiger partial charge on any atom is -0.375 e. The van der Waals surface area contributed by atoms with Gasteiger partial charge in [0, 0.05) is 35.1 Å². The molecule has 0 bridgehead atoms. The number of ether oxygens (including phenoxy) is 1. The molecule has 1 amide bonds. The average Bonchev–Trinajstić information content (AvgIpc) is 2.85. The van der Waals surface area contributed by atoms with Crippen molar-refractivity contribution < 1.29 is 9.53 Å². The average molecular weight is 339 g/mol. The van der Waals surface area contributed by atoms with Crippen LogP contribution in [0.5, 0.6) is 0 Å². The third kappa shape index (κ3) is 3.43. The van der Waals surface area contributed by atoms with E-state index < -0.39 is 0 Å². The molecule has 2 heterocycles. The normalized spacial score (nSPS) is 18.5. The molecule has 1 atom stereocenters. The van der Waals surface area contributed by atoms with Gasteiger partial charge in [-0.3, -0.25) is 4.79 Å². The molecular formula is C16H19ClN2O2S. The zero-order valence-electron chi connectivity index (χ0n) is 12.5. The van der Waals surface area contributed by atoms with Crippen molar-refractivity contribution in [2.45, 2.75) is 19.1 Å². The van der Waals surface area contributed by atoms with E-state index in [0.29, 0.717) is 19.6 Å². The van der Waals surface area contributed by atoms with Crippen LogP contribution in [0.15, 0.2) is 24.3 Å². The molecule has 0 unspecified atom stereocenters. The van der Waals surface area contributed by atoms with Crippen LogP contribution >= 0.6 is 22.9 Å². The van der Waals surface area contributed by atoms with Crippen molar-refractivity contribution >= 4 is 38.9 Å². The predicted molar refractivity (Wildman–Crippen MR) is 90.5 cm³/mol. The van der Waals surface area contributed by atoms with Crippen LogP contribution in [-0.2, 0) is 16.1 Å². The summed E-state index contributed by atoms with van der Waals surface area (Å²) in [7, 11) is 1.82. The Morgan fingerprint density at radius 2 is 2.32 bits per heavy atom. The van der Waals surface area contributed by atoms with Gasteiger partial charge >= 0.3 is 0 Å². The molecule has 1 aromatic carbocycles. The van der Waals surface area contributed by atoms with Gasteiger partial charge in [0.15, 0.2) is 0 Å². The van der Waals surface area contributed by atoms with E-state index in [1.165, 1.54) is 0 Å². The third-order valence-corrected chi connectivity index (χ3v) is 5.51. The van der Waals surface area contributed by atoms with Crippen LogP contribution in [0.2, 0.25) is 5.02 Å². The predicted octanol–water partition coefficient (Wildman–Crippen LogP) is 2.89. The number of nitrogens with zero attached hydrogens (tertiary/aromatic N) is 1. The number of morpholine rings is 1. The highest BCUT2D eigenvalue weighted by molar-refractivity contribution is 7.19. The number of thiophene rings is 1. The second-order valence-electron chi connectivity index (χ2n) is 5.49. The summed E-state index contributed by atoms with van der Waals surface area (Å²) in [5.41, 5.74) is 0. The highest BCUT2D eigenvalue weighted by Gasteiger charge is 2.21. The Balaban J connectivity index is 1.65. The zero-order valence-corrected chi connectivity index (χ0v) is 14.0. The lowest BCUT2D eigenvalue weighted by molar-refractivity contribution is -0.133. The summed E-state index contributed by atoms with van der Waals surface area (Å²) in [5, 5.41) is 5.06. The molecule has 1 aliphatic heterocycles.